The summed E-state index contributed by atoms with van der Waals surface area (Å²) in [5, 5.41) is 0. The monoisotopic (exact) mass is 242 g/mol. The Labute approximate surface area is 99.6 Å². The predicted molar refractivity (Wildman–Crippen MR) is 62.0 cm³/mol. The zero-order valence-corrected chi connectivity index (χ0v) is 10.2. The lowest BCUT2D eigenvalue weighted by atomic mass is 9.99. The van der Waals surface area contributed by atoms with Gasteiger partial charge in [0.15, 0.2) is 5.78 Å². The highest BCUT2D eigenvalue weighted by Crippen LogP contribution is 2.31. The lowest BCUT2D eigenvalue weighted by Crippen LogP contribution is -2.05. The van der Waals surface area contributed by atoms with E-state index in [1.54, 1.807) is 6.92 Å². The van der Waals surface area contributed by atoms with Gasteiger partial charge < -0.3 is 4.74 Å². The quantitative estimate of drug-likeness (QED) is 0.734. The minimum absolute atomic E-state index is 0.0836. The molecular formula is C13H16F2O2. The summed E-state index contributed by atoms with van der Waals surface area (Å²) in [6.45, 7) is 5.39. The van der Waals surface area contributed by atoms with Gasteiger partial charge in [-0.05, 0) is 38.0 Å². The lowest BCUT2D eigenvalue weighted by molar-refractivity contribution is 0.0998. The Balaban J connectivity index is 3.36. The fourth-order valence-corrected chi connectivity index (χ4v) is 1.69. The first kappa shape index (κ1) is 13.6. The summed E-state index contributed by atoms with van der Waals surface area (Å²) in [6, 6.07) is 2.79. The molecule has 1 rings (SSSR count). The van der Waals surface area contributed by atoms with Gasteiger partial charge in [0.2, 0.25) is 0 Å². The minimum Gasteiger partial charge on any atom is -0.494 e. The molecule has 0 N–H and O–H groups in total. The van der Waals surface area contributed by atoms with Gasteiger partial charge in [0, 0.05) is 11.1 Å². The number of carbonyl (C=O) groups is 1. The highest BCUT2D eigenvalue weighted by molar-refractivity contribution is 5.96. The molecule has 0 saturated heterocycles. The van der Waals surface area contributed by atoms with Crippen LogP contribution in [0.1, 0.15) is 48.7 Å². The first-order valence-electron chi connectivity index (χ1n) is 5.59. The van der Waals surface area contributed by atoms with Crippen molar-refractivity contribution in [1.29, 1.82) is 0 Å². The normalized spacial score (nSPS) is 10.7. The van der Waals surface area contributed by atoms with Crippen molar-refractivity contribution in [3.05, 3.63) is 28.8 Å². The Morgan fingerprint density at radius 2 is 2.00 bits per heavy atom. The smallest absolute Gasteiger partial charge is 0.264 e. The molecule has 94 valence electrons. The van der Waals surface area contributed by atoms with Gasteiger partial charge in [0.05, 0.1) is 6.61 Å². The Hall–Kier alpha value is -1.45. The van der Waals surface area contributed by atoms with Gasteiger partial charge in [-0.25, -0.2) is 8.78 Å². The predicted octanol–water partition coefficient (Wildman–Crippen LogP) is 3.79. The van der Waals surface area contributed by atoms with Crippen molar-refractivity contribution in [1.82, 2.24) is 0 Å². The topological polar surface area (TPSA) is 26.3 Å². The number of ketones is 1. The van der Waals surface area contributed by atoms with Crippen LogP contribution in [0.2, 0.25) is 0 Å². The molecule has 0 aliphatic rings. The van der Waals surface area contributed by atoms with Crippen molar-refractivity contribution in [3.8, 4) is 5.75 Å². The van der Waals surface area contributed by atoms with Crippen LogP contribution in [0.4, 0.5) is 8.78 Å². The third-order valence-corrected chi connectivity index (χ3v) is 2.53. The third-order valence-electron chi connectivity index (χ3n) is 2.53. The van der Waals surface area contributed by atoms with Crippen molar-refractivity contribution >= 4 is 5.78 Å². The number of hydrogen-bond donors (Lipinski definition) is 0. The van der Waals surface area contributed by atoms with Gasteiger partial charge >= 0.3 is 0 Å². The summed E-state index contributed by atoms with van der Waals surface area (Å²) in [7, 11) is 0. The average Bonchev–Trinajstić information content (AvgIpc) is 2.28. The Morgan fingerprint density at radius 1 is 1.35 bits per heavy atom. The molecule has 0 fully saturated rings. The van der Waals surface area contributed by atoms with E-state index < -0.39 is 6.43 Å². The second-order valence-corrected chi connectivity index (χ2v) is 3.69. The molecule has 0 amide bonds. The number of halogens is 2. The zero-order valence-electron chi connectivity index (χ0n) is 10.2. The van der Waals surface area contributed by atoms with E-state index in [-0.39, 0.29) is 16.9 Å². The molecule has 0 radical (unpaired) electrons. The van der Waals surface area contributed by atoms with E-state index in [2.05, 4.69) is 0 Å². The molecule has 0 aliphatic heterocycles. The molecule has 1 aromatic carbocycles. The summed E-state index contributed by atoms with van der Waals surface area (Å²) in [5.41, 5.74) is 0.611. The van der Waals surface area contributed by atoms with Crippen LogP contribution in [0.15, 0.2) is 12.1 Å². The number of benzene rings is 1. The standard InChI is InChI=1S/C13H16F2O2/c1-4-9-6-10(8(3)16)11(13(14)15)7-12(9)17-5-2/h6-7,13H,4-5H2,1-3H3. The summed E-state index contributed by atoms with van der Waals surface area (Å²) in [6.07, 6.45) is -2.03. The SMILES string of the molecule is CCOc1cc(C(F)F)c(C(C)=O)cc1CC. The molecular weight excluding hydrogens is 226 g/mol. The van der Waals surface area contributed by atoms with E-state index >= 15 is 0 Å². The maximum Gasteiger partial charge on any atom is 0.264 e. The zero-order chi connectivity index (χ0) is 13.0. The minimum atomic E-state index is -2.67. The van der Waals surface area contributed by atoms with Crippen LogP contribution >= 0.6 is 0 Å². The van der Waals surface area contributed by atoms with Crippen LogP contribution in [0, 0.1) is 0 Å². The highest BCUT2D eigenvalue weighted by atomic mass is 19.3. The summed E-state index contributed by atoms with van der Waals surface area (Å²) < 4.78 is 31.0. The third kappa shape index (κ3) is 3.02. The van der Waals surface area contributed by atoms with Crippen molar-refractivity contribution in [2.24, 2.45) is 0 Å². The van der Waals surface area contributed by atoms with Gasteiger partial charge in [-0.1, -0.05) is 6.92 Å². The molecule has 0 aromatic heterocycles. The van der Waals surface area contributed by atoms with E-state index in [9.17, 15) is 13.6 Å². The molecule has 0 aliphatic carbocycles. The van der Waals surface area contributed by atoms with E-state index in [0.717, 1.165) is 5.56 Å². The number of ether oxygens (including phenoxy) is 1. The maximum absolute atomic E-state index is 12.8. The van der Waals surface area contributed by atoms with Crippen molar-refractivity contribution in [3.63, 3.8) is 0 Å². The van der Waals surface area contributed by atoms with Crippen molar-refractivity contribution in [2.75, 3.05) is 6.61 Å². The molecule has 0 spiro atoms. The second kappa shape index (κ2) is 5.75. The van der Waals surface area contributed by atoms with E-state index in [4.69, 9.17) is 4.74 Å². The molecule has 2 nitrogen and oxygen atoms in total. The lowest BCUT2D eigenvalue weighted by Gasteiger charge is -2.14. The summed E-state index contributed by atoms with van der Waals surface area (Å²) >= 11 is 0. The molecule has 1 aromatic rings. The average molecular weight is 242 g/mol. The van der Waals surface area contributed by atoms with Crippen LogP contribution < -0.4 is 4.74 Å². The first-order valence-corrected chi connectivity index (χ1v) is 5.59. The number of rotatable bonds is 5. The van der Waals surface area contributed by atoms with E-state index in [1.165, 1.54) is 19.1 Å². The largest absolute Gasteiger partial charge is 0.494 e. The molecule has 0 bridgehead atoms. The first-order chi connectivity index (χ1) is 8.01. The van der Waals surface area contributed by atoms with Gasteiger partial charge in [0.1, 0.15) is 5.75 Å². The number of alkyl halides is 2. The number of carbonyl (C=O) groups excluding carboxylic acids is 1. The van der Waals surface area contributed by atoms with Gasteiger partial charge in [-0.2, -0.15) is 0 Å². The number of hydrogen-bond acceptors (Lipinski definition) is 2. The van der Waals surface area contributed by atoms with E-state index in [0.29, 0.717) is 18.8 Å². The van der Waals surface area contributed by atoms with E-state index in [1.807, 2.05) is 6.92 Å². The van der Waals surface area contributed by atoms with Crippen LogP contribution in [-0.4, -0.2) is 12.4 Å². The van der Waals surface area contributed by atoms with Gasteiger partial charge in [-0.15, -0.1) is 0 Å². The van der Waals surface area contributed by atoms with Gasteiger partial charge in [0.25, 0.3) is 6.43 Å². The molecule has 0 atom stereocenters. The second-order valence-electron chi connectivity index (χ2n) is 3.69. The number of aryl methyl sites for hydroxylation is 1. The molecule has 0 heterocycles. The number of Topliss-reactive ketones (excluding diaryl/α,β-unsaturated/α-hetero) is 1. The van der Waals surface area contributed by atoms with Crippen molar-refractivity contribution in [2.45, 2.75) is 33.6 Å². The van der Waals surface area contributed by atoms with Crippen LogP contribution in [0.3, 0.4) is 0 Å². The summed E-state index contributed by atoms with van der Waals surface area (Å²) in [4.78, 5) is 11.3. The Bertz CT molecular complexity index is 414. The molecule has 4 heteroatoms. The van der Waals surface area contributed by atoms with Crippen LogP contribution in [-0.2, 0) is 6.42 Å². The molecule has 0 unspecified atom stereocenters. The highest BCUT2D eigenvalue weighted by Gasteiger charge is 2.19. The molecule has 17 heavy (non-hydrogen) atoms. The molecule has 0 saturated carbocycles. The van der Waals surface area contributed by atoms with Crippen LogP contribution in [0.5, 0.6) is 5.75 Å². The fourth-order valence-electron chi connectivity index (χ4n) is 1.69. The van der Waals surface area contributed by atoms with Crippen LogP contribution in [0.25, 0.3) is 0 Å². The summed E-state index contributed by atoms with van der Waals surface area (Å²) in [5.74, 6) is 0.0911. The fraction of sp³-hybridized carbons (Fsp3) is 0.462. The van der Waals surface area contributed by atoms with Crippen molar-refractivity contribution < 1.29 is 18.3 Å². The maximum atomic E-state index is 12.8. The Kier molecular flexibility index (Phi) is 4.61. The van der Waals surface area contributed by atoms with Gasteiger partial charge in [-0.3, -0.25) is 4.79 Å². The Morgan fingerprint density at radius 3 is 2.41 bits per heavy atom.